The number of rotatable bonds is 13. The average Bonchev–Trinajstić information content (AvgIpc) is 2.72. The Hall–Kier alpha value is -0.103. The summed E-state index contributed by atoms with van der Waals surface area (Å²) in [7, 11) is 0. The van der Waals surface area contributed by atoms with Crippen molar-refractivity contribution in [3.05, 3.63) is 0 Å². The summed E-state index contributed by atoms with van der Waals surface area (Å²) >= 11 is 14.0. The van der Waals surface area contributed by atoms with Crippen LogP contribution in [-0.4, -0.2) is 85.4 Å². The van der Waals surface area contributed by atoms with E-state index in [0.717, 1.165) is 0 Å². The summed E-state index contributed by atoms with van der Waals surface area (Å²) in [5.41, 5.74) is 0. The lowest BCUT2D eigenvalue weighted by atomic mass is 9.92. The fourth-order valence-corrected chi connectivity index (χ4v) is 3.96. The van der Waals surface area contributed by atoms with E-state index in [1.807, 2.05) is 0 Å². The highest BCUT2D eigenvalue weighted by atomic mass is 35.8. The molecule has 0 N–H and O–H groups in total. The lowest BCUT2D eigenvalue weighted by molar-refractivity contribution is -0.337. The van der Waals surface area contributed by atoms with Gasteiger partial charge >= 0.3 is 23.8 Å². The molecule has 0 aliphatic carbocycles. The van der Waals surface area contributed by atoms with Gasteiger partial charge in [0.2, 0.25) is 12.0 Å². The van der Waals surface area contributed by atoms with Gasteiger partial charge in [-0.05, 0) is 0 Å². The van der Waals surface area contributed by atoms with Gasteiger partial charge in [-0.3, -0.25) is 0 Å². The van der Waals surface area contributed by atoms with Gasteiger partial charge in [0.25, 0.3) is 6.43 Å². The third kappa shape index (κ3) is 6.61. The van der Waals surface area contributed by atoms with Crippen LogP contribution in [-0.2, 0) is 0 Å². The van der Waals surface area contributed by atoms with Crippen molar-refractivity contribution >= 4 is 39.2 Å². The highest BCUT2D eigenvalue weighted by Gasteiger charge is 2.80. The molecule has 0 saturated carbocycles. The fraction of sp³-hybridized carbons (Fsp3) is 1.00. The molecule has 0 aliphatic rings. The zero-order chi connectivity index (χ0) is 27.8. The summed E-state index contributed by atoms with van der Waals surface area (Å²) < 4.78 is 225. The Balaban J connectivity index is 5.83. The van der Waals surface area contributed by atoms with Crippen LogP contribution in [0.1, 0.15) is 0 Å². The Morgan fingerprint density at radius 2 is 0.735 bits per heavy atom. The third-order valence-electron chi connectivity index (χ3n) is 4.13. The first-order valence-electron chi connectivity index (χ1n) is 8.13. The summed E-state index contributed by atoms with van der Waals surface area (Å²) in [6, 6.07) is -5.62. The van der Waals surface area contributed by atoms with Gasteiger partial charge in [-0.25, -0.2) is 48.3 Å². The second-order valence-electron chi connectivity index (χ2n) is 6.57. The summed E-state index contributed by atoms with van der Waals surface area (Å²) in [5, 5.41) is 0. The SMILES string of the molecule is FC(F)C(F)C(F)C(F)C(F)C(F)C(F)C(F)C(F)C(F)(F)C(F)(F)C(F)(F)C(F)[Si](Cl)(Cl)Cl. The summed E-state index contributed by atoms with van der Waals surface area (Å²) in [4.78, 5) is 0. The molecule has 0 aromatic carbocycles. The molecule has 0 radical (unpaired) electrons. The number of hydrogen-bond donors (Lipinski definition) is 0. The van der Waals surface area contributed by atoms with E-state index in [1.54, 1.807) is 0 Å². The molecule has 0 amide bonds. The number of halogens is 20. The largest absolute Gasteiger partial charge is 0.381 e. The minimum atomic E-state index is -7.31. The molecule has 0 rings (SSSR count). The van der Waals surface area contributed by atoms with Crippen molar-refractivity contribution in [2.45, 2.75) is 79.4 Å². The maximum atomic E-state index is 13.6. The van der Waals surface area contributed by atoms with Crippen LogP contribution in [0.2, 0.25) is 0 Å². The van der Waals surface area contributed by atoms with Gasteiger partial charge in [-0.1, -0.05) is 0 Å². The van der Waals surface area contributed by atoms with Crippen LogP contribution in [0.25, 0.3) is 0 Å². The lowest BCUT2D eigenvalue weighted by Crippen LogP contribution is -2.66. The molecule has 9 unspecified atom stereocenters. The molecule has 206 valence electrons. The minimum absolute atomic E-state index is 4.16. The monoisotopic (exact) mass is 622 g/mol. The second kappa shape index (κ2) is 11.5. The van der Waals surface area contributed by atoms with Crippen molar-refractivity contribution in [1.82, 2.24) is 0 Å². The smallest absolute Gasteiger partial charge is 0.241 e. The Labute approximate surface area is 193 Å². The molecular formula is C13H10Cl3F17Si. The number of hydrogen-bond acceptors (Lipinski definition) is 0. The molecule has 21 heteroatoms. The predicted molar refractivity (Wildman–Crippen MR) is 88.2 cm³/mol. The van der Waals surface area contributed by atoms with E-state index in [0.29, 0.717) is 0 Å². The van der Waals surface area contributed by atoms with E-state index in [-0.39, 0.29) is 0 Å². The Morgan fingerprint density at radius 3 is 1.03 bits per heavy atom. The molecule has 0 heterocycles. The Kier molecular flexibility index (Phi) is 11.5. The van der Waals surface area contributed by atoms with Gasteiger partial charge in [-0.15, -0.1) is 33.2 Å². The quantitative estimate of drug-likeness (QED) is 0.114. The lowest BCUT2D eigenvalue weighted by Gasteiger charge is -2.38. The Bertz CT molecular complexity index is 649. The molecule has 34 heavy (non-hydrogen) atoms. The van der Waals surface area contributed by atoms with E-state index in [9.17, 15) is 74.6 Å². The predicted octanol–water partition coefficient (Wildman–Crippen LogP) is 7.39. The first kappa shape index (κ1) is 33.9. The molecular weight excluding hydrogens is 614 g/mol. The third-order valence-corrected chi connectivity index (χ3v) is 6.80. The molecule has 0 saturated heterocycles. The van der Waals surface area contributed by atoms with Gasteiger partial charge in [0.15, 0.2) is 43.2 Å². The summed E-state index contributed by atoms with van der Waals surface area (Å²) in [6.45, 7) is 0. The molecule has 0 aromatic rings. The number of alkyl halides is 17. The second-order valence-corrected chi connectivity index (χ2v) is 15.3. The first-order chi connectivity index (χ1) is 14.9. The van der Waals surface area contributed by atoms with E-state index in [4.69, 9.17) is 0 Å². The van der Waals surface area contributed by atoms with Crippen LogP contribution in [0.4, 0.5) is 74.6 Å². The highest BCUT2D eigenvalue weighted by Crippen LogP contribution is 2.54. The standard InChI is InChI=1S/C13H10Cl3F17Si/c14-34(15,16)10(27)12(30,31)13(32,33)11(28,29)8(24)6(22)4(20)2(18)1(17)3(19)5(21)7(23)9(25)26/h1-10H. The van der Waals surface area contributed by atoms with E-state index >= 15 is 0 Å². The van der Waals surface area contributed by atoms with Crippen molar-refractivity contribution in [3.8, 4) is 0 Å². The van der Waals surface area contributed by atoms with Crippen molar-refractivity contribution in [1.29, 1.82) is 0 Å². The fourth-order valence-electron chi connectivity index (χ4n) is 2.14. The van der Waals surface area contributed by atoms with Crippen LogP contribution in [0.5, 0.6) is 0 Å². The first-order valence-corrected chi connectivity index (χ1v) is 13.2. The maximum Gasteiger partial charge on any atom is 0.381 e. The Morgan fingerprint density at radius 1 is 0.441 bits per heavy atom. The molecule has 0 spiro atoms. The van der Waals surface area contributed by atoms with Gasteiger partial charge in [0.1, 0.15) is 0 Å². The van der Waals surface area contributed by atoms with Crippen LogP contribution < -0.4 is 0 Å². The van der Waals surface area contributed by atoms with Gasteiger partial charge in [-0.2, -0.15) is 26.3 Å². The van der Waals surface area contributed by atoms with Crippen LogP contribution in [0.15, 0.2) is 0 Å². The van der Waals surface area contributed by atoms with Crippen molar-refractivity contribution < 1.29 is 74.6 Å². The van der Waals surface area contributed by atoms with Crippen LogP contribution >= 0.6 is 33.2 Å². The van der Waals surface area contributed by atoms with Crippen LogP contribution in [0.3, 0.4) is 0 Å². The molecule has 9 atom stereocenters. The van der Waals surface area contributed by atoms with E-state index in [1.165, 1.54) is 0 Å². The van der Waals surface area contributed by atoms with Gasteiger partial charge in [0, 0.05) is 0 Å². The zero-order valence-electron chi connectivity index (χ0n) is 15.3. The minimum Gasteiger partial charge on any atom is -0.241 e. The van der Waals surface area contributed by atoms with E-state index in [2.05, 4.69) is 33.2 Å². The van der Waals surface area contributed by atoms with Crippen molar-refractivity contribution in [2.24, 2.45) is 0 Å². The normalized spacial score (nSPS) is 22.5. The maximum absolute atomic E-state index is 13.6. The summed E-state index contributed by atoms with van der Waals surface area (Å²) in [6.07, 6.45) is -41.7. The molecule has 0 nitrogen and oxygen atoms in total. The molecule has 0 aliphatic heterocycles. The zero-order valence-corrected chi connectivity index (χ0v) is 18.6. The highest BCUT2D eigenvalue weighted by molar-refractivity contribution is 7.65. The average molecular weight is 624 g/mol. The van der Waals surface area contributed by atoms with Crippen molar-refractivity contribution in [2.75, 3.05) is 0 Å². The molecule has 0 bridgehead atoms. The van der Waals surface area contributed by atoms with Crippen LogP contribution in [0, 0.1) is 0 Å². The van der Waals surface area contributed by atoms with Gasteiger partial charge in [0.05, 0.1) is 0 Å². The van der Waals surface area contributed by atoms with Gasteiger partial charge < -0.3 is 0 Å². The van der Waals surface area contributed by atoms with E-state index < -0.39 is 85.4 Å². The molecule has 0 aromatic heterocycles. The van der Waals surface area contributed by atoms with Crippen molar-refractivity contribution in [3.63, 3.8) is 0 Å². The summed E-state index contributed by atoms with van der Waals surface area (Å²) in [5.74, 6) is -25.9. The molecule has 0 fully saturated rings. The topological polar surface area (TPSA) is 0 Å².